The van der Waals surface area contributed by atoms with Crippen LogP contribution in [0.3, 0.4) is 0 Å². The SMILES string of the molecule is CCOC(=O)C1=C(C)N=C2C[C@@H](c3ccccc3OC)[C@@H](C(=O)OCC)C(=O)C2[C@@H]1c1cccc(Br)c1. The third-order valence-corrected chi connectivity index (χ3v) is 7.42. The lowest BCUT2D eigenvalue weighted by Crippen LogP contribution is -2.48. The van der Waals surface area contributed by atoms with Crippen LogP contribution >= 0.6 is 15.9 Å². The van der Waals surface area contributed by atoms with Gasteiger partial charge in [0.1, 0.15) is 11.7 Å². The zero-order valence-electron chi connectivity index (χ0n) is 21.3. The molecule has 2 aromatic rings. The number of hydrogen-bond acceptors (Lipinski definition) is 7. The summed E-state index contributed by atoms with van der Waals surface area (Å²) in [6.07, 6.45) is 0.345. The summed E-state index contributed by atoms with van der Waals surface area (Å²) in [5.74, 6) is -3.87. The Morgan fingerprint density at radius 3 is 2.43 bits per heavy atom. The van der Waals surface area contributed by atoms with Crippen molar-refractivity contribution < 1.29 is 28.6 Å². The molecule has 2 aliphatic rings. The molecule has 4 rings (SSSR count). The summed E-state index contributed by atoms with van der Waals surface area (Å²) in [6.45, 7) is 5.55. The minimum absolute atomic E-state index is 0.148. The third kappa shape index (κ3) is 5.12. The predicted octanol–water partition coefficient (Wildman–Crippen LogP) is 5.39. The number of Topliss-reactive ketones (excluding diaryl/α,β-unsaturated/α-hetero) is 1. The highest BCUT2D eigenvalue weighted by Gasteiger charge is 2.53. The summed E-state index contributed by atoms with van der Waals surface area (Å²) in [5, 5.41) is 0. The van der Waals surface area contributed by atoms with Gasteiger partial charge in [0.2, 0.25) is 0 Å². The Bertz CT molecular complexity index is 1280. The van der Waals surface area contributed by atoms with Crippen molar-refractivity contribution in [2.45, 2.75) is 39.0 Å². The molecule has 0 radical (unpaired) electrons. The molecule has 0 aromatic heterocycles. The van der Waals surface area contributed by atoms with E-state index in [0.29, 0.717) is 29.2 Å². The second-order valence-electron chi connectivity index (χ2n) is 9.02. The Hall–Kier alpha value is -3.26. The van der Waals surface area contributed by atoms with Crippen molar-refractivity contribution in [3.8, 4) is 5.75 Å². The van der Waals surface area contributed by atoms with Gasteiger partial charge >= 0.3 is 11.9 Å². The predicted molar refractivity (Wildman–Crippen MR) is 143 cm³/mol. The van der Waals surface area contributed by atoms with Crippen LogP contribution in [0, 0.1) is 11.8 Å². The van der Waals surface area contributed by atoms with Gasteiger partial charge in [-0.15, -0.1) is 0 Å². The smallest absolute Gasteiger partial charge is 0.336 e. The number of allylic oxidation sites excluding steroid dienone is 1. The van der Waals surface area contributed by atoms with Gasteiger partial charge in [-0.3, -0.25) is 14.6 Å². The van der Waals surface area contributed by atoms with Crippen LogP contribution in [-0.4, -0.2) is 43.8 Å². The van der Waals surface area contributed by atoms with Crippen molar-refractivity contribution in [1.29, 1.82) is 0 Å². The van der Waals surface area contributed by atoms with Gasteiger partial charge in [0.15, 0.2) is 5.78 Å². The molecule has 4 atom stereocenters. The molecule has 0 N–H and O–H groups in total. The summed E-state index contributed by atoms with van der Waals surface area (Å²) in [5.41, 5.74) is 2.99. The van der Waals surface area contributed by atoms with Gasteiger partial charge in [-0.25, -0.2) is 4.79 Å². The molecule has 0 bridgehead atoms. The van der Waals surface area contributed by atoms with Crippen LogP contribution in [0.15, 0.2) is 69.3 Å². The fourth-order valence-electron chi connectivity index (χ4n) is 5.48. The first-order valence-electron chi connectivity index (χ1n) is 12.4. The Kier molecular flexibility index (Phi) is 8.27. The number of hydrogen-bond donors (Lipinski definition) is 0. The van der Waals surface area contributed by atoms with Gasteiger partial charge in [0, 0.05) is 27.7 Å². The van der Waals surface area contributed by atoms with Gasteiger partial charge in [-0.05, 0) is 56.5 Å². The largest absolute Gasteiger partial charge is 0.496 e. The van der Waals surface area contributed by atoms with Crippen LogP contribution in [0.25, 0.3) is 0 Å². The fraction of sp³-hybridized carbons (Fsp3) is 0.379. The maximum Gasteiger partial charge on any atom is 0.336 e. The lowest BCUT2D eigenvalue weighted by Gasteiger charge is -2.41. The topological polar surface area (TPSA) is 91.3 Å². The fourth-order valence-corrected chi connectivity index (χ4v) is 5.90. The van der Waals surface area contributed by atoms with Gasteiger partial charge in [-0.1, -0.05) is 46.3 Å². The molecule has 1 heterocycles. The zero-order valence-corrected chi connectivity index (χ0v) is 22.9. The van der Waals surface area contributed by atoms with Gasteiger partial charge in [0.05, 0.1) is 31.8 Å². The van der Waals surface area contributed by atoms with E-state index < -0.39 is 35.6 Å². The Balaban J connectivity index is 1.92. The minimum Gasteiger partial charge on any atom is -0.496 e. The number of benzene rings is 2. The van der Waals surface area contributed by atoms with Crippen molar-refractivity contribution in [1.82, 2.24) is 0 Å². The molecule has 0 spiro atoms. The second kappa shape index (κ2) is 11.4. The first-order valence-corrected chi connectivity index (χ1v) is 13.2. The minimum atomic E-state index is -1.07. The van der Waals surface area contributed by atoms with Crippen molar-refractivity contribution in [3.05, 3.63) is 75.4 Å². The van der Waals surface area contributed by atoms with Crippen molar-refractivity contribution >= 4 is 39.4 Å². The Morgan fingerprint density at radius 2 is 1.76 bits per heavy atom. The molecule has 0 amide bonds. The first-order chi connectivity index (χ1) is 17.8. The van der Waals surface area contributed by atoms with E-state index in [-0.39, 0.29) is 19.0 Å². The molecular weight excluding hydrogens is 538 g/mol. The van der Waals surface area contributed by atoms with Crippen molar-refractivity contribution in [2.24, 2.45) is 16.8 Å². The number of methoxy groups -OCH3 is 1. The number of aliphatic imine (C=N–C) groups is 1. The maximum atomic E-state index is 14.4. The van der Waals surface area contributed by atoms with Crippen LogP contribution in [-0.2, 0) is 23.9 Å². The normalized spacial score (nSPS) is 23.2. The monoisotopic (exact) mass is 567 g/mol. The summed E-state index contributed by atoms with van der Waals surface area (Å²) < 4.78 is 17.2. The van der Waals surface area contributed by atoms with E-state index in [1.165, 1.54) is 0 Å². The van der Waals surface area contributed by atoms with Gasteiger partial charge in [0.25, 0.3) is 0 Å². The van der Waals surface area contributed by atoms with E-state index in [4.69, 9.17) is 19.2 Å². The summed E-state index contributed by atoms with van der Waals surface area (Å²) in [6, 6.07) is 14.9. The number of esters is 2. The van der Waals surface area contributed by atoms with Crippen LogP contribution in [0.4, 0.5) is 0 Å². The zero-order chi connectivity index (χ0) is 26.7. The Morgan fingerprint density at radius 1 is 1.03 bits per heavy atom. The molecule has 37 heavy (non-hydrogen) atoms. The lowest BCUT2D eigenvalue weighted by atomic mass is 9.62. The van der Waals surface area contributed by atoms with E-state index >= 15 is 0 Å². The molecule has 1 fully saturated rings. The second-order valence-corrected chi connectivity index (χ2v) is 9.93. The number of ketones is 1. The molecule has 7 nitrogen and oxygen atoms in total. The summed E-state index contributed by atoms with van der Waals surface area (Å²) in [4.78, 5) is 45.6. The maximum absolute atomic E-state index is 14.4. The van der Waals surface area contributed by atoms with Gasteiger partial charge in [-0.2, -0.15) is 0 Å². The van der Waals surface area contributed by atoms with E-state index in [9.17, 15) is 14.4 Å². The molecule has 2 aromatic carbocycles. The molecule has 1 saturated carbocycles. The lowest BCUT2D eigenvalue weighted by molar-refractivity contribution is -0.153. The highest BCUT2D eigenvalue weighted by atomic mass is 79.9. The number of carbonyl (C=O) groups excluding carboxylic acids is 3. The molecule has 194 valence electrons. The quantitative estimate of drug-likeness (QED) is 0.329. The van der Waals surface area contributed by atoms with E-state index in [0.717, 1.165) is 15.6 Å². The van der Waals surface area contributed by atoms with E-state index in [1.807, 2.05) is 48.5 Å². The highest BCUT2D eigenvalue weighted by molar-refractivity contribution is 9.10. The number of ether oxygens (including phenoxy) is 3. The molecule has 0 saturated heterocycles. The van der Waals surface area contributed by atoms with Crippen molar-refractivity contribution in [2.75, 3.05) is 20.3 Å². The summed E-state index contributed by atoms with van der Waals surface area (Å²) in [7, 11) is 1.56. The molecule has 1 unspecified atom stereocenters. The first kappa shape index (κ1) is 26.8. The van der Waals surface area contributed by atoms with Gasteiger partial charge < -0.3 is 14.2 Å². The van der Waals surface area contributed by atoms with Crippen molar-refractivity contribution in [3.63, 3.8) is 0 Å². The number of para-hydroxylation sites is 1. The number of rotatable bonds is 7. The number of nitrogens with zero attached hydrogens (tertiary/aromatic N) is 1. The number of carbonyl (C=O) groups is 3. The number of halogens is 1. The van der Waals surface area contributed by atoms with Crippen LogP contribution in [0.5, 0.6) is 5.75 Å². The van der Waals surface area contributed by atoms with Crippen LogP contribution < -0.4 is 4.74 Å². The molecule has 8 heteroatoms. The number of fused-ring (bicyclic) bond motifs is 1. The third-order valence-electron chi connectivity index (χ3n) is 6.93. The van der Waals surface area contributed by atoms with Crippen LogP contribution in [0.2, 0.25) is 0 Å². The highest BCUT2D eigenvalue weighted by Crippen LogP contribution is 2.49. The average molecular weight is 568 g/mol. The van der Waals surface area contributed by atoms with Crippen LogP contribution in [0.1, 0.15) is 50.2 Å². The van der Waals surface area contributed by atoms with E-state index in [1.54, 1.807) is 27.9 Å². The standard InChI is InChI=1S/C29H30BrNO6/c1-5-36-28(33)23-16(3)31-21-15-20(19-12-7-8-13-22(19)35-4)25(29(34)37-6-2)27(32)26(21)24(23)17-10-9-11-18(30)14-17/h7-14,20,24-26H,5-6,15H2,1-4H3/t20-,24+,25+,26?/m0/s1. The Labute approximate surface area is 225 Å². The molecule has 1 aliphatic heterocycles. The summed E-state index contributed by atoms with van der Waals surface area (Å²) >= 11 is 3.51. The molecular formula is C29H30BrNO6. The van der Waals surface area contributed by atoms with E-state index in [2.05, 4.69) is 15.9 Å². The average Bonchev–Trinajstić information content (AvgIpc) is 2.87. The molecule has 1 aliphatic carbocycles.